The summed E-state index contributed by atoms with van der Waals surface area (Å²) >= 11 is 3.59. The van der Waals surface area contributed by atoms with Gasteiger partial charge in [-0.2, -0.15) is 0 Å². The van der Waals surface area contributed by atoms with E-state index in [-0.39, 0.29) is 0 Å². The zero-order valence-electron chi connectivity index (χ0n) is 9.70. The smallest absolute Gasteiger partial charge is 0.148 e. The van der Waals surface area contributed by atoms with Gasteiger partial charge in [-0.25, -0.2) is 9.97 Å². The lowest BCUT2D eigenvalue weighted by atomic mass is 10.2. The van der Waals surface area contributed by atoms with Gasteiger partial charge in [-0.05, 0) is 42.6 Å². The van der Waals surface area contributed by atoms with Gasteiger partial charge in [0.1, 0.15) is 22.4 Å². The summed E-state index contributed by atoms with van der Waals surface area (Å²) in [5.41, 5.74) is 0. The highest BCUT2D eigenvalue weighted by Crippen LogP contribution is 2.33. The summed E-state index contributed by atoms with van der Waals surface area (Å²) in [7, 11) is 0. The van der Waals surface area contributed by atoms with Crippen molar-refractivity contribution in [3.05, 3.63) is 10.8 Å². The molecule has 0 aromatic carbocycles. The number of aromatic nitrogens is 2. The van der Waals surface area contributed by atoms with Gasteiger partial charge in [0.25, 0.3) is 0 Å². The Morgan fingerprint density at radius 2 is 2.38 bits per heavy atom. The highest BCUT2D eigenvalue weighted by molar-refractivity contribution is 9.10. The maximum absolute atomic E-state index is 4.38. The molecule has 1 N–H and O–H groups in total. The fourth-order valence-corrected chi connectivity index (χ4v) is 2.67. The van der Waals surface area contributed by atoms with Crippen molar-refractivity contribution in [2.75, 3.05) is 23.3 Å². The largest absolute Gasteiger partial charge is 0.369 e. The van der Waals surface area contributed by atoms with E-state index in [2.05, 4.69) is 50.0 Å². The van der Waals surface area contributed by atoms with E-state index in [0.717, 1.165) is 29.2 Å². The topological polar surface area (TPSA) is 41.1 Å². The van der Waals surface area contributed by atoms with E-state index in [1.54, 1.807) is 6.33 Å². The zero-order valence-corrected chi connectivity index (χ0v) is 11.3. The second-order valence-electron chi connectivity index (χ2n) is 4.07. The minimum absolute atomic E-state index is 0.570. The molecule has 0 amide bonds. The van der Waals surface area contributed by atoms with Gasteiger partial charge < -0.3 is 10.2 Å². The Hall–Kier alpha value is -0.840. The summed E-state index contributed by atoms with van der Waals surface area (Å²) in [6.07, 6.45) is 4.12. The molecule has 1 aromatic rings. The average Bonchev–Trinajstić information content (AvgIpc) is 2.68. The fraction of sp³-hybridized carbons (Fsp3) is 0.636. The Morgan fingerprint density at radius 3 is 3.00 bits per heavy atom. The quantitative estimate of drug-likeness (QED) is 0.927. The van der Waals surface area contributed by atoms with Gasteiger partial charge in [0.15, 0.2) is 0 Å². The van der Waals surface area contributed by atoms with Crippen LogP contribution in [0.5, 0.6) is 0 Å². The van der Waals surface area contributed by atoms with Crippen molar-refractivity contribution in [1.29, 1.82) is 0 Å². The van der Waals surface area contributed by atoms with Crippen molar-refractivity contribution in [3.8, 4) is 0 Å². The first-order valence-electron chi connectivity index (χ1n) is 5.75. The van der Waals surface area contributed by atoms with E-state index in [1.165, 1.54) is 12.8 Å². The van der Waals surface area contributed by atoms with Crippen LogP contribution in [0.1, 0.15) is 26.7 Å². The van der Waals surface area contributed by atoms with Crippen LogP contribution in [0.3, 0.4) is 0 Å². The Labute approximate surface area is 105 Å². The minimum Gasteiger partial charge on any atom is -0.369 e. The van der Waals surface area contributed by atoms with E-state index < -0.39 is 0 Å². The molecule has 1 aliphatic rings. The van der Waals surface area contributed by atoms with Crippen molar-refractivity contribution >= 4 is 27.6 Å². The second-order valence-corrected chi connectivity index (χ2v) is 4.87. The first-order valence-corrected chi connectivity index (χ1v) is 6.54. The molecule has 1 atom stereocenters. The third-order valence-electron chi connectivity index (χ3n) is 2.94. The van der Waals surface area contributed by atoms with E-state index in [0.29, 0.717) is 6.04 Å². The molecule has 1 unspecified atom stereocenters. The lowest BCUT2D eigenvalue weighted by molar-refractivity contribution is 0.724. The number of anilines is 2. The van der Waals surface area contributed by atoms with Crippen molar-refractivity contribution < 1.29 is 0 Å². The van der Waals surface area contributed by atoms with Crippen LogP contribution in [0, 0.1) is 0 Å². The standard InChI is InChI=1S/C11H17BrN4/c1-3-13-10-9(12)11(15-7-14-10)16-6-4-5-8(16)2/h7-8H,3-6H2,1-2H3,(H,13,14,15). The average molecular weight is 285 g/mol. The third kappa shape index (κ3) is 2.14. The molecule has 4 nitrogen and oxygen atoms in total. The van der Waals surface area contributed by atoms with E-state index in [1.807, 2.05) is 0 Å². The normalized spacial score (nSPS) is 20.2. The van der Waals surface area contributed by atoms with E-state index in [4.69, 9.17) is 0 Å². The van der Waals surface area contributed by atoms with Gasteiger partial charge in [0.2, 0.25) is 0 Å². The van der Waals surface area contributed by atoms with Gasteiger partial charge in [-0.3, -0.25) is 0 Å². The number of nitrogens with zero attached hydrogens (tertiary/aromatic N) is 3. The summed E-state index contributed by atoms with van der Waals surface area (Å²) in [6, 6.07) is 0.570. The SMILES string of the molecule is CCNc1ncnc(N2CCCC2C)c1Br. The zero-order chi connectivity index (χ0) is 11.5. The molecular formula is C11H17BrN4. The van der Waals surface area contributed by atoms with Crippen LogP contribution in [-0.2, 0) is 0 Å². The second kappa shape index (κ2) is 4.99. The Balaban J connectivity index is 2.30. The molecule has 16 heavy (non-hydrogen) atoms. The molecule has 1 aromatic heterocycles. The summed E-state index contributed by atoms with van der Waals surface area (Å²) in [5.74, 6) is 1.89. The van der Waals surface area contributed by atoms with Crippen molar-refractivity contribution in [2.24, 2.45) is 0 Å². The van der Waals surface area contributed by atoms with Gasteiger partial charge >= 0.3 is 0 Å². The molecule has 0 spiro atoms. The molecule has 0 saturated carbocycles. The monoisotopic (exact) mass is 284 g/mol. The third-order valence-corrected chi connectivity index (χ3v) is 3.67. The Bertz CT molecular complexity index is 369. The highest BCUT2D eigenvalue weighted by Gasteiger charge is 2.24. The predicted octanol–water partition coefficient (Wildman–Crippen LogP) is 2.66. The van der Waals surface area contributed by atoms with Gasteiger partial charge in [-0.15, -0.1) is 0 Å². The summed E-state index contributed by atoms with van der Waals surface area (Å²) < 4.78 is 0.977. The molecule has 2 heterocycles. The van der Waals surface area contributed by atoms with Crippen LogP contribution in [0.2, 0.25) is 0 Å². The Morgan fingerprint density at radius 1 is 1.56 bits per heavy atom. The highest BCUT2D eigenvalue weighted by atomic mass is 79.9. The molecule has 88 valence electrons. The number of nitrogens with one attached hydrogen (secondary N) is 1. The van der Waals surface area contributed by atoms with Crippen molar-refractivity contribution in [2.45, 2.75) is 32.7 Å². The first-order chi connectivity index (χ1) is 7.74. The molecular weight excluding hydrogens is 268 g/mol. The van der Waals surface area contributed by atoms with Gasteiger partial charge in [0, 0.05) is 19.1 Å². The van der Waals surface area contributed by atoms with Crippen LogP contribution in [0.15, 0.2) is 10.8 Å². The van der Waals surface area contributed by atoms with Crippen LogP contribution >= 0.6 is 15.9 Å². The van der Waals surface area contributed by atoms with Crippen molar-refractivity contribution in [3.63, 3.8) is 0 Å². The number of hydrogen-bond acceptors (Lipinski definition) is 4. The van der Waals surface area contributed by atoms with Gasteiger partial charge in [-0.1, -0.05) is 0 Å². The molecule has 0 bridgehead atoms. The van der Waals surface area contributed by atoms with Crippen LogP contribution in [0.25, 0.3) is 0 Å². The van der Waals surface area contributed by atoms with Crippen molar-refractivity contribution in [1.82, 2.24) is 9.97 Å². The summed E-state index contributed by atoms with van der Waals surface area (Å²) in [4.78, 5) is 11.0. The van der Waals surface area contributed by atoms with E-state index in [9.17, 15) is 0 Å². The summed E-state index contributed by atoms with van der Waals surface area (Å²) in [5, 5.41) is 3.23. The number of hydrogen-bond donors (Lipinski definition) is 1. The number of rotatable bonds is 3. The lowest BCUT2D eigenvalue weighted by Gasteiger charge is -2.24. The number of halogens is 1. The Kier molecular flexibility index (Phi) is 3.63. The van der Waals surface area contributed by atoms with Gasteiger partial charge in [0.05, 0.1) is 0 Å². The molecule has 2 rings (SSSR count). The first kappa shape index (κ1) is 11.6. The predicted molar refractivity (Wildman–Crippen MR) is 69.9 cm³/mol. The molecule has 0 aliphatic carbocycles. The van der Waals surface area contributed by atoms with E-state index >= 15 is 0 Å². The maximum Gasteiger partial charge on any atom is 0.148 e. The minimum atomic E-state index is 0.570. The van der Waals surface area contributed by atoms with Crippen LogP contribution < -0.4 is 10.2 Å². The molecule has 1 aliphatic heterocycles. The molecule has 1 fully saturated rings. The molecule has 0 radical (unpaired) electrons. The maximum atomic E-state index is 4.38. The fourth-order valence-electron chi connectivity index (χ4n) is 2.10. The molecule has 5 heteroatoms. The summed E-state index contributed by atoms with van der Waals surface area (Å²) in [6.45, 7) is 6.26. The van der Waals surface area contributed by atoms with Crippen LogP contribution in [0.4, 0.5) is 11.6 Å². The molecule has 1 saturated heterocycles. The lowest BCUT2D eigenvalue weighted by Crippen LogP contribution is -2.27. The van der Waals surface area contributed by atoms with Crippen LogP contribution in [-0.4, -0.2) is 29.1 Å².